The minimum Gasteiger partial charge on any atom is -0.497 e. The predicted molar refractivity (Wildman–Crippen MR) is 70.5 cm³/mol. The molecule has 0 saturated heterocycles. The average molecular weight is 251 g/mol. The van der Waals surface area contributed by atoms with E-state index in [1.54, 1.807) is 21.0 Å². The van der Waals surface area contributed by atoms with Gasteiger partial charge in [0, 0.05) is 6.04 Å². The fourth-order valence-corrected chi connectivity index (χ4v) is 1.90. The van der Waals surface area contributed by atoms with Crippen LogP contribution in [-0.2, 0) is 9.53 Å². The number of aryl methyl sites for hydroxylation is 1. The van der Waals surface area contributed by atoms with Crippen LogP contribution in [0.4, 0.5) is 0 Å². The van der Waals surface area contributed by atoms with Gasteiger partial charge in [0.1, 0.15) is 5.75 Å². The molecule has 0 radical (unpaired) electrons. The molecule has 0 unspecified atom stereocenters. The summed E-state index contributed by atoms with van der Waals surface area (Å²) < 4.78 is 9.95. The largest absolute Gasteiger partial charge is 0.497 e. The first-order chi connectivity index (χ1) is 8.34. The highest BCUT2D eigenvalue weighted by Crippen LogP contribution is 2.34. The Hall–Kier alpha value is -1.55. The Balaban J connectivity index is 3.11. The first kappa shape index (κ1) is 14.5. The molecule has 4 nitrogen and oxygen atoms in total. The summed E-state index contributed by atoms with van der Waals surface area (Å²) in [6.07, 6.45) is 0. The third kappa shape index (κ3) is 2.64. The number of ether oxygens (including phenoxy) is 2. The molecule has 0 heterocycles. The number of hydrogen-bond donors (Lipinski definition) is 1. The molecule has 100 valence electrons. The van der Waals surface area contributed by atoms with Crippen LogP contribution in [0.15, 0.2) is 18.2 Å². The van der Waals surface area contributed by atoms with Gasteiger partial charge in [0.15, 0.2) is 0 Å². The van der Waals surface area contributed by atoms with Crippen LogP contribution >= 0.6 is 0 Å². The van der Waals surface area contributed by atoms with Crippen LogP contribution in [-0.4, -0.2) is 20.2 Å². The fraction of sp³-hybridized carbons (Fsp3) is 0.500. The zero-order valence-corrected chi connectivity index (χ0v) is 11.6. The van der Waals surface area contributed by atoms with Crippen molar-refractivity contribution < 1.29 is 14.3 Å². The highest BCUT2D eigenvalue weighted by molar-refractivity contribution is 5.77. The van der Waals surface area contributed by atoms with Crippen molar-refractivity contribution in [1.29, 1.82) is 0 Å². The van der Waals surface area contributed by atoms with Gasteiger partial charge in [-0.15, -0.1) is 0 Å². The Labute approximate surface area is 108 Å². The van der Waals surface area contributed by atoms with E-state index in [9.17, 15) is 4.79 Å². The van der Waals surface area contributed by atoms with Crippen molar-refractivity contribution in [3.8, 4) is 5.75 Å². The summed E-state index contributed by atoms with van der Waals surface area (Å²) in [7, 11) is 2.99. The van der Waals surface area contributed by atoms with E-state index in [0.29, 0.717) is 0 Å². The van der Waals surface area contributed by atoms with E-state index in [-0.39, 0.29) is 5.97 Å². The molecule has 1 atom stereocenters. The molecular weight excluding hydrogens is 230 g/mol. The first-order valence-corrected chi connectivity index (χ1v) is 5.83. The second-order valence-electron chi connectivity index (χ2n) is 4.91. The van der Waals surface area contributed by atoms with E-state index < -0.39 is 11.5 Å². The first-order valence-electron chi connectivity index (χ1n) is 5.83. The zero-order chi connectivity index (χ0) is 13.9. The summed E-state index contributed by atoms with van der Waals surface area (Å²) in [5, 5.41) is 0. The summed E-state index contributed by atoms with van der Waals surface area (Å²) in [6, 6.07) is 5.22. The maximum Gasteiger partial charge on any atom is 0.313 e. The number of carbonyl (C=O) groups is 1. The van der Waals surface area contributed by atoms with Crippen molar-refractivity contribution in [3.05, 3.63) is 29.3 Å². The maximum atomic E-state index is 11.8. The van der Waals surface area contributed by atoms with Crippen LogP contribution in [0.3, 0.4) is 0 Å². The van der Waals surface area contributed by atoms with E-state index in [4.69, 9.17) is 15.2 Å². The number of benzene rings is 1. The minimum atomic E-state index is -0.770. The van der Waals surface area contributed by atoms with Crippen LogP contribution in [0, 0.1) is 12.3 Å². The third-order valence-electron chi connectivity index (χ3n) is 3.30. The van der Waals surface area contributed by atoms with Gasteiger partial charge < -0.3 is 15.2 Å². The molecule has 0 saturated carbocycles. The summed E-state index contributed by atoms with van der Waals surface area (Å²) in [4.78, 5) is 11.8. The van der Waals surface area contributed by atoms with Crippen molar-refractivity contribution in [2.24, 2.45) is 11.1 Å². The Morgan fingerprint density at radius 1 is 1.33 bits per heavy atom. The van der Waals surface area contributed by atoms with Crippen LogP contribution < -0.4 is 10.5 Å². The van der Waals surface area contributed by atoms with Crippen molar-refractivity contribution in [2.75, 3.05) is 14.2 Å². The predicted octanol–water partition coefficient (Wildman–Crippen LogP) is 2.20. The van der Waals surface area contributed by atoms with Crippen LogP contribution in [0.2, 0.25) is 0 Å². The molecule has 0 fully saturated rings. The van der Waals surface area contributed by atoms with Gasteiger partial charge in [-0.05, 0) is 44.0 Å². The Morgan fingerprint density at radius 2 is 1.94 bits per heavy atom. The topological polar surface area (TPSA) is 61.5 Å². The maximum absolute atomic E-state index is 11.8. The lowest BCUT2D eigenvalue weighted by atomic mass is 9.79. The van der Waals surface area contributed by atoms with Gasteiger partial charge in [-0.2, -0.15) is 0 Å². The molecule has 1 aromatic rings. The molecule has 0 aliphatic carbocycles. The molecule has 1 aromatic carbocycles. The third-order valence-corrected chi connectivity index (χ3v) is 3.30. The van der Waals surface area contributed by atoms with Gasteiger partial charge in [-0.1, -0.05) is 6.07 Å². The van der Waals surface area contributed by atoms with Gasteiger partial charge in [0.25, 0.3) is 0 Å². The van der Waals surface area contributed by atoms with E-state index >= 15 is 0 Å². The monoisotopic (exact) mass is 251 g/mol. The normalized spacial score (nSPS) is 13.0. The summed E-state index contributed by atoms with van der Waals surface area (Å²) in [6.45, 7) is 5.52. The minimum absolute atomic E-state index is 0.315. The fourth-order valence-electron chi connectivity index (χ4n) is 1.90. The number of esters is 1. The van der Waals surface area contributed by atoms with E-state index in [0.717, 1.165) is 16.9 Å². The molecule has 0 spiro atoms. The molecule has 1 rings (SSSR count). The second kappa shape index (κ2) is 5.40. The van der Waals surface area contributed by atoms with Gasteiger partial charge in [0.2, 0.25) is 0 Å². The van der Waals surface area contributed by atoms with Crippen LogP contribution in [0.1, 0.15) is 31.0 Å². The summed E-state index contributed by atoms with van der Waals surface area (Å²) in [5.74, 6) is 0.463. The molecule has 0 aliphatic rings. The standard InChI is InChI=1S/C14H21NO3/c1-9-8-10(17-4)6-7-11(9)12(15)14(2,3)13(16)18-5/h6-8,12H,15H2,1-5H3/t12-/m0/s1. The number of methoxy groups -OCH3 is 2. The zero-order valence-electron chi connectivity index (χ0n) is 11.6. The SMILES string of the molecule is COC(=O)C(C)(C)[C@@H](N)c1ccc(OC)cc1C. The van der Waals surface area contributed by atoms with Gasteiger partial charge >= 0.3 is 5.97 Å². The van der Waals surface area contributed by atoms with Crippen molar-refractivity contribution >= 4 is 5.97 Å². The molecule has 0 aliphatic heterocycles. The summed E-state index contributed by atoms with van der Waals surface area (Å²) in [5.41, 5.74) is 7.35. The number of nitrogens with two attached hydrogens (primary N) is 1. The molecule has 4 heteroatoms. The Morgan fingerprint density at radius 3 is 2.39 bits per heavy atom. The van der Waals surface area contributed by atoms with E-state index in [1.807, 2.05) is 25.1 Å². The molecular formula is C14H21NO3. The lowest BCUT2D eigenvalue weighted by Gasteiger charge is -2.30. The molecule has 0 aromatic heterocycles. The number of rotatable bonds is 4. The number of carbonyl (C=O) groups excluding carboxylic acids is 1. The Kier molecular flexibility index (Phi) is 4.35. The molecule has 18 heavy (non-hydrogen) atoms. The molecule has 0 amide bonds. The second-order valence-corrected chi connectivity index (χ2v) is 4.91. The lowest BCUT2D eigenvalue weighted by molar-refractivity contribution is -0.152. The van der Waals surface area contributed by atoms with Gasteiger partial charge in [0.05, 0.1) is 19.6 Å². The van der Waals surface area contributed by atoms with Gasteiger partial charge in [-0.25, -0.2) is 0 Å². The van der Waals surface area contributed by atoms with Crippen molar-refractivity contribution in [2.45, 2.75) is 26.8 Å². The van der Waals surface area contributed by atoms with Crippen LogP contribution in [0.5, 0.6) is 5.75 Å². The lowest BCUT2D eigenvalue weighted by Crippen LogP contribution is -2.37. The number of hydrogen-bond acceptors (Lipinski definition) is 4. The van der Waals surface area contributed by atoms with Crippen LogP contribution in [0.25, 0.3) is 0 Å². The van der Waals surface area contributed by atoms with Gasteiger partial charge in [-0.3, -0.25) is 4.79 Å². The average Bonchev–Trinajstić information content (AvgIpc) is 2.36. The quantitative estimate of drug-likeness (QED) is 0.833. The Bertz CT molecular complexity index is 441. The van der Waals surface area contributed by atoms with E-state index in [2.05, 4.69) is 0 Å². The highest BCUT2D eigenvalue weighted by Gasteiger charge is 2.37. The molecule has 0 bridgehead atoms. The van der Waals surface area contributed by atoms with Crippen molar-refractivity contribution in [3.63, 3.8) is 0 Å². The molecule has 2 N–H and O–H groups in total. The highest BCUT2D eigenvalue weighted by atomic mass is 16.5. The van der Waals surface area contributed by atoms with Crippen molar-refractivity contribution in [1.82, 2.24) is 0 Å². The summed E-state index contributed by atoms with van der Waals surface area (Å²) >= 11 is 0. The smallest absolute Gasteiger partial charge is 0.313 e. The van der Waals surface area contributed by atoms with E-state index in [1.165, 1.54) is 7.11 Å².